The van der Waals surface area contributed by atoms with Crippen LogP contribution in [-0.4, -0.2) is 40.8 Å². The Morgan fingerprint density at radius 2 is 1.67 bits per heavy atom. The molecule has 0 atom stereocenters. The predicted octanol–water partition coefficient (Wildman–Crippen LogP) is 5.87. The summed E-state index contributed by atoms with van der Waals surface area (Å²) in [5, 5.41) is 15.3. The minimum Gasteiger partial charge on any atom is -0.388 e. The third kappa shape index (κ3) is 6.75. The molecule has 178 valence electrons. The third-order valence-corrected chi connectivity index (χ3v) is 6.17. The van der Waals surface area contributed by atoms with Gasteiger partial charge < -0.3 is 25.0 Å². The van der Waals surface area contributed by atoms with Gasteiger partial charge >= 0.3 is 0 Å². The van der Waals surface area contributed by atoms with Crippen LogP contribution in [0, 0.1) is 0 Å². The second kappa shape index (κ2) is 12.9. The van der Waals surface area contributed by atoms with Gasteiger partial charge in [0.25, 0.3) is 0 Å². The molecule has 0 radical (unpaired) electrons. The highest BCUT2D eigenvalue weighted by Gasteiger charge is 2.28. The molecule has 5 rings (SSSR count). The molecule has 2 fully saturated rings. The van der Waals surface area contributed by atoms with Gasteiger partial charge in [-0.2, -0.15) is 0 Å². The number of hydrogen-bond acceptors (Lipinski definition) is 5. The van der Waals surface area contributed by atoms with Crippen LogP contribution < -0.4 is 5.32 Å². The Bertz CT molecular complexity index is 972. The van der Waals surface area contributed by atoms with Gasteiger partial charge in [0, 0.05) is 29.5 Å². The first-order chi connectivity index (χ1) is 16.2. The number of aromatic nitrogens is 2. The molecule has 0 spiro atoms. The lowest BCUT2D eigenvalue weighted by Crippen LogP contribution is -2.38. The molecule has 0 aliphatic heterocycles. The van der Waals surface area contributed by atoms with E-state index < -0.39 is 5.60 Å². The van der Waals surface area contributed by atoms with Gasteiger partial charge in [0.2, 0.25) is 0 Å². The van der Waals surface area contributed by atoms with Crippen molar-refractivity contribution in [3.05, 3.63) is 48.3 Å². The van der Waals surface area contributed by atoms with Crippen LogP contribution in [0.5, 0.6) is 0 Å². The van der Waals surface area contributed by atoms with E-state index in [1.165, 1.54) is 41.5 Å². The van der Waals surface area contributed by atoms with Crippen LogP contribution >= 0.6 is 0 Å². The second-order valence-corrected chi connectivity index (χ2v) is 8.34. The highest BCUT2D eigenvalue weighted by molar-refractivity contribution is 5.93. The molecule has 3 aromatic rings. The number of carbonyl (C=O) groups excluding carboxylic acids is 2. The summed E-state index contributed by atoms with van der Waals surface area (Å²) in [7, 11) is 0. The number of carbonyl (C=O) groups is 2. The predicted molar refractivity (Wildman–Crippen MR) is 136 cm³/mol. The Kier molecular flexibility index (Phi) is 10.3. The highest BCUT2D eigenvalue weighted by Crippen LogP contribution is 2.41. The zero-order valence-corrected chi connectivity index (χ0v) is 19.9. The van der Waals surface area contributed by atoms with Gasteiger partial charge in [-0.3, -0.25) is 0 Å². The Morgan fingerprint density at radius 1 is 1.03 bits per heavy atom. The maximum atomic E-state index is 10.7. The van der Waals surface area contributed by atoms with Crippen LogP contribution in [-0.2, 0) is 9.59 Å². The van der Waals surface area contributed by atoms with Gasteiger partial charge in [-0.25, -0.2) is 4.98 Å². The smallest absolute Gasteiger partial charge is 0.138 e. The fourth-order valence-electron chi connectivity index (χ4n) is 4.33. The summed E-state index contributed by atoms with van der Waals surface area (Å²) in [5.41, 5.74) is 5.25. The minimum atomic E-state index is -0.543. The number of nitrogens with zero attached hydrogens (tertiary/aromatic N) is 1. The number of hydrogen-bond donors (Lipinski definition) is 3. The molecule has 0 saturated heterocycles. The maximum absolute atomic E-state index is 10.7. The molecule has 2 saturated carbocycles. The first-order valence-electron chi connectivity index (χ1n) is 11.8. The molecule has 6 nitrogen and oxygen atoms in total. The van der Waals surface area contributed by atoms with Crippen molar-refractivity contribution < 1.29 is 14.7 Å². The van der Waals surface area contributed by atoms with E-state index in [0.29, 0.717) is 12.5 Å². The van der Waals surface area contributed by atoms with Crippen molar-refractivity contribution in [3.8, 4) is 11.1 Å². The average Bonchev–Trinajstić information content (AvgIpc) is 3.65. The lowest BCUT2D eigenvalue weighted by atomic mass is 9.85. The number of pyridine rings is 1. The first-order valence-corrected chi connectivity index (χ1v) is 11.8. The van der Waals surface area contributed by atoms with E-state index in [9.17, 15) is 5.11 Å². The average molecular weight is 452 g/mol. The van der Waals surface area contributed by atoms with Crippen molar-refractivity contribution in [3.63, 3.8) is 0 Å². The molecule has 2 aliphatic rings. The summed E-state index contributed by atoms with van der Waals surface area (Å²) in [6.45, 7) is 8.63. The zero-order chi connectivity index (χ0) is 24.3. The van der Waals surface area contributed by atoms with Gasteiger partial charge in [-0.1, -0.05) is 45.2 Å². The lowest BCUT2D eigenvalue weighted by Gasteiger charge is -2.32. The Balaban J connectivity index is 0.000000597. The van der Waals surface area contributed by atoms with E-state index in [1.807, 2.05) is 33.6 Å². The van der Waals surface area contributed by atoms with Crippen LogP contribution in [0.1, 0.15) is 70.4 Å². The zero-order valence-electron chi connectivity index (χ0n) is 19.9. The molecule has 33 heavy (non-hydrogen) atoms. The largest absolute Gasteiger partial charge is 0.388 e. The normalized spacial score (nSPS) is 16.2. The van der Waals surface area contributed by atoms with Crippen LogP contribution in [0.4, 0.5) is 5.69 Å². The van der Waals surface area contributed by atoms with E-state index >= 15 is 0 Å². The molecule has 2 aliphatic carbocycles. The van der Waals surface area contributed by atoms with Crippen molar-refractivity contribution in [2.24, 2.45) is 0 Å². The van der Waals surface area contributed by atoms with E-state index in [-0.39, 0.29) is 0 Å². The number of aromatic amines is 1. The van der Waals surface area contributed by atoms with E-state index in [2.05, 4.69) is 51.7 Å². The van der Waals surface area contributed by atoms with Crippen molar-refractivity contribution in [2.75, 3.05) is 11.9 Å². The Labute approximate surface area is 196 Å². The number of aliphatic hydroxyl groups is 1. The van der Waals surface area contributed by atoms with Crippen molar-refractivity contribution in [1.29, 1.82) is 0 Å². The van der Waals surface area contributed by atoms with Crippen molar-refractivity contribution >= 4 is 30.3 Å². The monoisotopic (exact) mass is 451 g/mol. The second-order valence-electron chi connectivity index (χ2n) is 8.34. The van der Waals surface area contributed by atoms with E-state index in [1.54, 1.807) is 0 Å². The number of benzene rings is 1. The SMILES string of the molecule is C=O.C=O.CC.OC1(CNc2ccc(-c3ccnc4[nH]c(C5CC5)cc34)cc2)CCCCC1. The molecule has 2 heterocycles. The molecule has 3 N–H and O–H groups in total. The molecule has 0 bridgehead atoms. The Hall–Kier alpha value is -2.99. The minimum absolute atomic E-state index is 0.543. The summed E-state index contributed by atoms with van der Waals surface area (Å²) in [6, 6.07) is 12.9. The lowest BCUT2D eigenvalue weighted by molar-refractivity contribution is -0.0987. The molecule has 0 unspecified atom stereocenters. The summed E-state index contributed by atoms with van der Waals surface area (Å²) < 4.78 is 0. The summed E-state index contributed by atoms with van der Waals surface area (Å²) in [4.78, 5) is 24.0. The number of nitrogens with one attached hydrogen (secondary N) is 2. The number of H-pyrrole nitrogens is 1. The van der Waals surface area contributed by atoms with E-state index in [0.717, 1.165) is 37.0 Å². The third-order valence-electron chi connectivity index (χ3n) is 6.17. The summed E-state index contributed by atoms with van der Waals surface area (Å²) in [6.07, 6.45) is 9.79. The van der Waals surface area contributed by atoms with Crippen LogP contribution in [0.2, 0.25) is 0 Å². The standard InChI is InChI=1S/C23H27N3O.C2H6.2CH2O/c27-23(11-2-1-3-12-23)15-25-18-8-6-16(7-9-18)19-10-13-24-22-20(19)14-21(26-22)17-4-5-17;3*1-2/h6-10,13-14,17,25,27H,1-5,11-12,15H2,(H,24,26);1-2H3;2*1H2. The van der Waals surface area contributed by atoms with E-state index in [4.69, 9.17) is 9.59 Å². The fraction of sp³-hybridized carbons (Fsp3) is 0.444. The van der Waals surface area contributed by atoms with Crippen molar-refractivity contribution in [2.45, 2.75) is 70.3 Å². The molecular formula is C27H37N3O3. The maximum Gasteiger partial charge on any atom is 0.138 e. The molecule has 1 aromatic carbocycles. The fourth-order valence-corrected chi connectivity index (χ4v) is 4.33. The quantitative estimate of drug-likeness (QED) is 0.451. The topological polar surface area (TPSA) is 95.1 Å². The van der Waals surface area contributed by atoms with Gasteiger partial charge in [0.05, 0.1) is 5.60 Å². The van der Waals surface area contributed by atoms with Crippen LogP contribution in [0.25, 0.3) is 22.2 Å². The molecule has 0 amide bonds. The summed E-state index contributed by atoms with van der Waals surface area (Å²) >= 11 is 0. The van der Waals surface area contributed by atoms with Crippen LogP contribution in [0.15, 0.2) is 42.6 Å². The van der Waals surface area contributed by atoms with Gasteiger partial charge in [-0.15, -0.1) is 0 Å². The number of anilines is 1. The molecule has 6 heteroatoms. The van der Waals surface area contributed by atoms with Gasteiger partial charge in [0.15, 0.2) is 0 Å². The highest BCUT2D eigenvalue weighted by atomic mass is 16.3. The van der Waals surface area contributed by atoms with Crippen LogP contribution in [0.3, 0.4) is 0 Å². The first kappa shape index (κ1) is 26.3. The number of fused-ring (bicyclic) bond motifs is 1. The van der Waals surface area contributed by atoms with Crippen molar-refractivity contribution in [1.82, 2.24) is 9.97 Å². The van der Waals surface area contributed by atoms with Gasteiger partial charge in [0.1, 0.15) is 19.2 Å². The molecule has 2 aromatic heterocycles. The Morgan fingerprint density at radius 3 is 2.27 bits per heavy atom. The number of rotatable bonds is 5. The summed E-state index contributed by atoms with van der Waals surface area (Å²) in [5.74, 6) is 0.698. The molecular weight excluding hydrogens is 414 g/mol. The van der Waals surface area contributed by atoms with Gasteiger partial charge in [-0.05, 0) is 67.0 Å².